The molecule has 0 unspecified atom stereocenters. The van der Waals surface area contributed by atoms with Gasteiger partial charge in [-0.15, -0.1) is 0 Å². The van der Waals surface area contributed by atoms with Crippen LogP contribution < -0.4 is 15.4 Å². The van der Waals surface area contributed by atoms with Gasteiger partial charge in [-0.3, -0.25) is 20.2 Å². The minimum atomic E-state index is -0.493. The van der Waals surface area contributed by atoms with E-state index in [9.17, 15) is 14.9 Å². The number of rotatable bonds is 5. The van der Waals surface area contributed by atoms with Gasteiger partial charge in [0, 0.05) is 22.8 Å². The van der Waals surface area contributed by atoms with Crippen molar-refractivity contribution in [1.82, 2.24) is 5.32 Å². The number of aryl methyl sites for hydroxylation is 1. The fourth-order valence-electron chi connectivity index (χ4n) is 1.95. The van der Waals surface area contributed by atoms with Crippen LogP contribution in [0.1, 0.15) is 5.56 Å². The van der Waals surface area contributed by atoms with Crippen LogP contribution in [0.3, 0.4) is 0 Å². The Kier molecular flexibility index (Phi) is 6.73. The first-order valence-corrected chi connectivity index (χ1v) is 8.36. The summed E-state index contributed by atoms with van der Waals surface area (Å²) in [5.74, 6) is -0.176. The van der Waals surface area contributed by atoms with Gasteiger partial charge in [0.2, 0.25) is 0 Å². The number of thiocarbonyl (C=S) groups is 1. The standard InChI is InChI=1S/C16H13Cl2N3O4S/c1-9-6-11(21(23)24)3-4-13(9)19-16(26)20-15(22)8-25-14-5-2-10(17)7-12(14)18/h2-7H,8H2,1H3,(H2,19,20,22,26). The SMILES string of the molecule is Cc1cc([N+](=O)[O-])ccc1NC(=S)NC(=O)COc1ccc(Cl)cc1Cl. The van der Waals surface area contributed by atoms with Crippen molar-refractivity contribution in [2.45, 2.75) is 6.92 Å². The molecule has 0 aromatic heterocycles. The first-order valence-electron chi connectivity index (χ1n) is 7.20. The second-order valence-electron chi connectivity index (χ2n) is 5.12. The number of anilines is 1. The number of amides is 1. The summed E-state index contributed by atoms with van der Waals surface area (Å²) in [7, 11) is 0. The summed E-state index contributed by atoms with van der Waals surface area (Å²) < 4.78 is 5.31. The molecule has 2 aromatic carbocycles. The van der Waals surface area contributed by atoms with Crippen molar-refractivity contribution in [2.75, 3.05) is 11.9 Å². The Hall–Kier alpha value is -2.42. The Labute approximate surface area is 164 Å². The van der Waals surface area contributed by atoms with Crippen LogP contribution in [-0.2, 0) is 4.79 Å². The molecule has 1 amide bonds. The predicted octanol–water partition coefficient (Wildman–Crippen LogP) is 4.10. The lowest BCUT2D eigenvalue weighted by Crippen LogP contribution is -2.37. The molecule has 0 aliphatic heterocycles. The predicted molar refractivity (Wildman–Crippen MR) is 104 cm³/mol. The van der Waals surface area contributed by atoms with E-state index in [1.54, 1.807) is 19.1 Å². The fourth-order valence-corrected chi connectivity index (χ4v) is 2.64. The molecule has 0 aliphatic rings. The molecule has 26 heavy (non-hydrogen) atoms. The highest BCUT2D eigenvalue weighted by molar-refractivity contribution is 7.80. The lowest BCUT2D eigenvalue weighted by molar-refractivity contribution is -0.384. The van der Waals surface area contributed by atoms with Crippen LogP contribution in [0.2, 0.25) is 10.0 Å². The van der Waals surface area contributed by atoms with Gasteiger partial charge < -0.3 is 10.1 Å². The summed E-state index contributed by atoms with van der Waals surface area (Å²) in [4.78, 5) is 22.1. The minimum absolute atomic E-state index is 0.0313. The summed E-state index contributed by atoms with van der Waals surface area (Å²) in [5.41, 5.74) is 1.12. The summed E-state index contributed by atoms with van der Waals surface area (Å²) in [6.07, 6.45) is 0. The van der Waals surface area contributed by atoms with Crippen LogP contribution in [0.5, 0.6) is 5.75 Å². The highest BCUT2D eigenvalue weighted by Crippen LogP contribution is 2.27. The number of benzene rings is 2. The molecule has 2 rings (SSSR count). The molecule has 0 aliphatic carbocycles. The van der Waals surface area contributed by atoms with Gasteiger partial charge >= 0.3 is 0 Å². The zero-order valence-electron chi connectivity index (χ0n) is 13.4. The average molecular weight is 414 g/mol. The Balaban J connectivity index is 1.89. The van der Waals surface area contributed by atoms with Crippen molar-refractivity contribution in [2.24, 2.45) is 0 Å². The van der Waals surface area contributed by atoms with E-state index < -0.39 is 10.8 Å². The first-order chi connectivity index (χ1) is 12.3. The van der Waals surface area contributed by atoms with Crippen LogP contribution >= 0.6 is 35.4 Å². The number of nitro benzene ring substituents is 1. The molecule has 0 atom stereocenters. The molecular formula is C16H13Cl2N3O4S. The number of carbonyl (C=O) groups is 1. The van der Waals surface area contributed by atoms with E-state index in [2.05, 4.69) is 10.6 Å². The monoisotopic (exact) mass is 413 g/mol. The fraction of sp³-hybridized carbons (Fsp3) is 0.125. The number of halogens is 2. The molecule has 2 aromatic rings. The van der Waals surface area contributed by atoms with E-state index in [1.807, 2.05) is 0 Å². The van der Waals surface area contributed by atoms with Gasteiger partial charge in [0.15, 0.2) is 11.7 Å². The van der Waals surface area contributed by atoms with Crippen LogP contribution in [0.25, 0.3) is 0 Å². The summed E-state index contributed by atoms with van der Waals surface area (Å²) >= 11 is 16.8. The molecular weight excluding hydrogens is 401 g/mol. The molecule has 7 nitrogen and oxygen atoms in total. The summed E-state index contributed by atoms with van der Waals surface area (Å²) in [5, 5.41) is 16.8. The van der Waals surface area contributed by atoms with Crippen LogP contribution in [0, 0.1) is 17.0 Å². The van der Waals surface area contributed by atoms with Gasteiger partial charge in [0.05, 0.1) is 9.95 Å². The lowest BCUT2D eigenvalue weighted by Gasteiger charge is -2.12. The molecule has 0 spiro atoms. The Bertz CT molecular complexity index is 877. The quantitative estimate of drug-likeness (QED) is 0.435. The zero-order valence-corrected chi connectivity index (χ0v) is 15.7. The zero-order chi connectivity index (χ0) is 19.3. The van der Waals surface area contributed by atoms with Crippen molar-refractivity contribution < 1.29 is 14.5 Å². The number of carbonyl (C=O) groups excluding carboxylic acids is 1. The van der Waals surface area contributed by atoms with Crippen molar-refractivity contribution >= 4 is 57.8 Å². The van der Waals surface area contributed by atoms with Crippen LogP contribution in [0.4, 0.5) is 11.4 Å². The van der Waals surface area contributed by atoms with E-state index in [0.717, 1.165) is 0 Å². The number of nitrogens with one attached hydrogen (secondary N) is 2. The van der Waals surface area contributed by atoms with Crippen molar-refractivity contribution in [3.05, 3.63) is 62.1 Å². The number of ether oxygens (including phenoxy) is 1. The lowest BCUT2D eigenvalue weighted by atomic mass is 10.2. The van der Waals surface area contributed by atoms with Gasteiger partial charge in [0.25, 0.3) is 11.6 Å². The second-order valence-corrected chi connectivity index (χ2v) is 6.37. The highest BCUT2D eigenvalue weighted by atomic mass is 35.5. The van der Waals surface area contributed by atoms with Crippen molar-refractivity contribution in [3.63, 3.8) is 0 Å². The Morgan fingerprint density at radius 1 is 1.27 bits per heavy atom. The molecule has 0 heterocycles. The molecule has 0 saturated carbocycles. The molecule has 0 bridgehead atoms. The number of hydrogen-bond acceptors (Lipinski definition) is 5. The maximum absolute atomic E-state index is 11.9. The van der Waals surface area contributed by atoms with E-state index in [1.165, 1.54) is 24.3 Å². The van der Waals surface area contributed by atoms with Crippen LogP contribution in [0.15, 0.2) is 36.4 Å². The van der Waals surface area contributed by atoms with Crippen molar-refractivity contribution in [3.8, 4) is 5.75 Å². The van der Waals surface area contributed by atoms with Gasteiger partial charge in [-0.25, -0.2) is 0 Å². The summed E-state index contributed by atoms with van der Waals surface area (Å²) in [6.45, 7) is 1.38. The number of hydrogen-bond donors (Lipinski definition) is 2. The number of nitrogens with zero attached hydrogens (tertiary/aromatic N) is 1. The molecule has 10 heteroatoms. The van der Waals surface area contributed by atoms with Crippen LogP contribution in [-0.4, -0.2) is 22.5 Å². The molecule has 2 N–H and O–H groups in total. The third-order valence-corrected chi connectivity index (χ3v) is 3.91. The number of nitro groups is 1. The number of non-ortho nitro benzene ring substituents is 1. The largest absolute Gasteiger partial charge is 0.482 e. The van der Waals surface area contributed by atoms with E-state index >= 15 is 0 Å². The Morgan fingerprint density at radius 3 is 2.62 bits per heavy atom. The van der Waals surface area contributed by atoms with Crippen molar-refractivity contribution in [1.29, 1.82) is 0 Å². The van der Waals surface area contributed by atoms with Gasteiger partial charge in [0.1, 0.15) is 5.75 Å². The second kappa shape index (κ2) is 8.79. The minimum Gasteiger partial charge on any atom is -0.482 e. The molecule has 0 radical (unpaired) electrons. The Morgan fingerprint density at radius 2 is 2.00 bits per heavy atom. The van der Waals surface area contributed by atoms with Gasteiger partial charge in [-0.05, 0) is 49.0 Å². The summed E-state index contributed by atoms with van der Waals surface area (Å²) in [6, 6.07) is 8.89. The molecule has 0 saturated heterocycles. The normalized spacial score (nSPS) is 10.1. The average Bonchev–Trinajstić information content (AvgIpc) is 2.55. The van der Waals surface area contributed by atoms with E-state index in [0.29, 0.717) is 22.0 Å². The van der Waals surface area contributed by atoms with E-state index in [4.69, 9.17) is 40.2 Å². The molecule has 0 fully saturated rings. The van der Waals surface area contributed by atoms with Gasteiger partial charge in [-0.2, -0.15) is 0 Å². The van der Waals surface area contributed by atoms with Gasteiger partial charge in [-0.1, -0.05) is 23.2 Å². The topological polar surface area (TPSA) is 93.5 Å². The first kappa shape index (κ1) is 19.9. The highest BCUT2D eigenvalue weighted by Gasteiger charge is 2.11. The maximum Gasteiger partial charge on any atom is 0.269 e. The molecule has 136 valence electrons. The smallest absolute Gasteiger partial charge is 0.269 e. The maximum atomic E-state index is 11.9. The van der Waals surface area contributed by atoms with E-state index in [-0.39, 0.29) is 22.4 Å². The third kappa shape index (κ3) is 5.55. The third-order valence-electron chi connectivity index (χ3n) is 3.17.